The first kappa shape index (κ1) is 24.6. The summed E-state index contributed by atoms with van der Waals surface area (Å²) in [6.45, 7) is 6.07. The molecule has 2 aromatic rings. The first-order chi connectivity index (χ1) is 16.7. The van der Waals surface area contributed by atoms with E-state index in [2.05, 4.69) is 29.6 Å². The maximum Gasteiger partial charge on any atom is 0.411 e. The van der Waals surface area contributed by atoms with Crippen LogP contribution in [0, 0.1) is 5.92 Å². The number of hydrogen-bond donors (Lipinski definition) is 1. The first-order valence-electron chi connectivity index (χ1n) is 11.8. The highest BCUT2D eigenvalue weighted by atomic mass is 16.6. The van der Waals surface area contributed by atoms with Crippen molar-refractivity contribution in [3.8, 4) is 11.1 Å². The van der Waals surface area contributed by atoms with Crippen LogP contribution >= 0.6 is 0 Å². The molecule has 1 heterocycles. The van der Waals surface area contributed by atoms with Gasteiger partial charge >= 0.3 is 18.2 Å². The van der Waals surface area contributed by atoms with Gasteiger partial charge in [0.05, 0.1) is 7.11 Å². The van der Waals surface area contributed by atoms with Crippen molar-refractivity contribution in [1.82, 2.24) is 10.2 Å². The fourth-order valence-corrected chi connectivity index (χ4v) is 4.83. The zero-order valence-corrected chi connectivity index (χ0v) is 20.6. The highest BCUT2D eigenvalue weighted by molar-refractivity contribution is 5.82. The van der Waals surface area contributed by atoms with Crippen molar-refractivity contribution < 1.29 is 28.6 Å². The quantitative estimate of drug-likeness (QED) is 0.506. The summed E-state index contributed by atoms with van der Waals surface area (Å²) in [7, 11) is 1.29. The summed E-state index contributed by atoms with van der Waals surface area (Å²) in [4.78, 5) is 38.8. The Labute approximate surface area is 205 Å². The lowest BCUT2D eigenvalue weighted by atomic mass is 9.98. The van der Waals surface area contributed by atoms with Crippen LogP contribution in [0.3, 0.4) is 0 Å². The Balaban J connectivity index is 1.33. The van der Waals surface area contributed by atoms with E-state index in [1.165, 1.54) is 23.1 Å². The highest BCUT2D eigenvalue weighted by Crippen LogP contribution is 2.44. The van der Waals surface area contributed by atoms with Crippen LogP contribution in [0.5, 0.6) is 0 Å². The average Bonchev–Trinajstić information content (AvgIpc) is 3.40. The Hall–Kier alpha value is -3.55. The molecule has 2 aliphatic rings. The molecule has 0 spiro atoms. The third kappa shape index (κ3) is 5.42. The number of carbonyl (C=O) groups is 3. The summed E-state index contributed by atoms with van der Waals surface area (Å²) < 4.78 is 15.9. The van der Waals surface area contributed by atoms with Crippen LogP contribution in [0.15, 0.2) is 48.5 Å². The van der Waals surface area contributed by atoms with Crippen LogP contribution in [0.2, 0.25) is 0 Å². The fraction of sp³-hybridized carbons (Fsp3) is 0.444. The lowest BCUT2D eigenvalue weighted by Gasteiger charge is -2.27. The van der Waals surface area contributed by atoms with Crippen LogP contribution in [-0.4, -0.2) is 61.5 Å². The standard InChI is InChI=1S/C27H32N2O6/c1-27(2,3)35-26(32)29-15-17(13-23(29)24(30)33-4)14-28-25(31)34-16-22-20-11-7-5-9-18(20)19-10-6-8-12-21(19)22/h5-12,17,22-23H,13-16H2,1-4H3,(H,28,31). The maximum atomic E-state index is 12.6. The molecule has 8 nitrogen and oxygen atoms in total. The van der Waals surface area contributed by atoms with E-state index in [1.807, 2.05) is 24.3 Å². The second-order valence-electron chi connectivity index (χ2n) is 9.98. The van der Waals surface area contributed by atoms with Gasteiger partial charge in [-0.1, -0.05) is 48.5 Å². The molecular formula is C27H32N2O6. The Kier molecular flexibility index (Phi) is 7.00. The van der Waals surface area contributed by atoms with E-state index in [1.54, 1.807) is 20.8 Å². The number of benzene rings is 2. The lowest BCUT2D eigenvalue weighted by Crippen LogP contribution is -2.44. The molecule has 1 N–H and O–H groups in total. The van der Waals surface area contributed by atoms with Crippen LogP contribution in [-0.2, 0) is 19.0 Å². The minimum absolute atomic E-state index is 0.0222. The van der Waals surface area contributed by atoms with E-state index in [0.717, 1.165) is 11.1 Å². The molecule has 0 aromatic heterocycles. The minimum atomic E-state index is -0.746. The molecule has 2 unspecified atom stereocenters. The van der Waals surface area contributed by atoms with Crippen LogP contribution < -0.4 is 5.32 Å². The van der Waals surface area contributed by atoms with Crippen LogP contribution in [0.4, 0.5) is 9.59 Å². The van der Waals surface area contributed by atoms with Crippen LogP contribution in [0.25, 0.3) is 11.1 Å². The molecule has 35 heavy (non-hydrogen) atoms. The highest BCUT2D eigenvalue weighted by Gasteiger charge is 2.42. The number of rotatable bonds is 5. The summed E-state index contributed by atoms with van der Waals surface area (Å²) in [5.74, 6) is -0.655. The molecular weight excluding hydrogens is 448 g/mol. The fourth-order valence-electron chi connectivity index (χ4n) is 4.83. The summed E-state index contributed by atoms with van der Waals surface area (Å²) in [6.07, 6.45) is -0.732. The molecule has 1 aliphatic heterocycles. The topological polar surface area (TPSA) is 94.2 Å². The molecule has 4 rings (SSSR count). The Bertz CT molecular complexity index is 1060. The number of nitrogens with zero attached hydrogens (tertiary/aromatic N) is 1. The van der Waals surface area contributed by atoms with E-state index in [0.29, 0.717) is 6.42 Å². The zero-order chi connectivity index (χ0) is 25.2. The summed E-state index contributed by atoms with van der Waals surface area (Å²) in [5.41, 5.74) is 3.94. The number of hydrogen-bond acceptors (Lipinski definition) is 6. The molecule has 1 fully saturated rings. The van der Waals surface area contributed by atoms with Gasteiger partial charge in [0.25, 0.3) is 0 Å². The minimum Gasteiger partial charge on any atom is -0.467 e. The average molecular weight is 481 g/mol. The Morgan fingerprint density at radius 2 is 1.60 bits per heavy atom. The molecule has 2 atom stereocenters. The number of methoxy groups -OCH3 is 1. The van der Waals surface area contributed by atoms with E-state index >= 15 is 0 Å². The van der Waals surface area contributed by atoms with E-state index in [-0.39, 0.29) is 31.5 Å². The van der Waals surface area contributed by atoms with E-state index in [4.69, 9.17) is 14.2 Å². The number of amides is 2. The molecule has 0 radical (unpaired) electrons. The van der Waals surface area contributed by atoms with Gasteiger partial charge in [-0.2, -0.15) is 0 Å². The number of fused-ring (bicyclic) bond motifs is 3. The maximum absolute atomic E-state index is 12.6. The van der Waals surface area contributed by atoms with Crippen LogP contribution in [0.1, 0.15) is 44.2 Å². The summed E-state index contributed by atoms with van der Waals surface area (Å²) in [6, 6.07) is 15.6. The number of alkyl carbamates (subject to hydrolysis) is 1. The molecule has 2 aromatic carbocycles. The number of likely N-dealkylation sites (tertiary alicyclic amines) is 1. The SMILES string of the molecule is COC(=O)C1CC(CNC(=O)OCC2c3ccccc3-c3ccccc32)CN1C(=O)OC(C)(C)C. The van der Waals surface area contributed by atoms with Crippen molar-refractivity contribution in [3.05, 3.63) is 59.7 Å². The van der Waals surface area contributed by atoms with Crippen molar-refractivity contribution in [2.75, 3.05) is 26.8 Å². The lowest BCUT2D eigenvalue weighted by molar-refractivity contribution is -0.145. The summed E-state index contributed by atoms with van der Waals surface area (Å²) >= 11 is 0. The number of nitrogens with one attached hydrogen (secondary N) is 1. The van der Waals surface area contributed by atoms with Gasteiger partial charge in [0.15, 0.2) is 0 Å². The molecule has 2 amide bonds. The molecule has 186 valence electrons. The molecule has 1 aliphatic carbocycles. The third-order valence-electron chi connectivity index (χ3n) is 6.37. The largest absolute Gasteiger partial charge is 0.467 e. The van der Waals surface area contributed by atoms with Gasteiger partial charge in [0, 0.05) is 19.0 Å². The normalized spacial score (nSPS) is 19.0. The predicted molar refractivity (Wildman–Crippen MR) is 130 cm³/mol. The summed E-state index contributed by atoms with van der Waals surface area (Å²) in [5, 5.41) is 2.79. The first-order valence-corrected chi connectivity index (χ1v) is 11.8. The number of carbonyl (C=O) groups excluding carboxylic acids is 3. The van der Waals surface area contributed by atoms with Gasteiger partial charge in [-0.15, -0.1) is 0 Å². The van der Waals surface area contributed by atoms with Crippen molar-refractivity contribution in [2.24, 2.45) is 5.92 Å². The van der Waals surface area contributed by atoms with Gasteiger partial charge < -0.3 is 19.5 Å². The van der Waals surface area contributed by atoms with Crippen molar-refractivity contribution in [1.29, 1.82) is 0 Å². The second kappa shape index (κ2) is 9.98. The number of esters is 1. The van der Waals surface area contributed by atoms with E-state index < -0.39 is 29.8 Å². The number of ether oxygens (including phenoxy) is 3. The van der Waals surface area contributed by atoms with Crippen molar-refractivity contribution in [2.45, 2.75) is 44.8 Å². The van der Waals surface area contributed by atoms with Crippen molar-refractivity contribution >= 4 is 18.2 Å². The smallest absolute Gasteiger partial charge is 0.411 e. The molecule has 0 bridgehead atoms. The van der Waals surface area contributed by atoms with Gasteiger partial charge in [-0.25, -0.2) is 14.4 Å². The monoisotopic (exact) mass is 480 g/mol. The Morgan fingerprint density at radius 1 is 1.00 bits per heavy atom. The van der Waals surface area contributed by atoms with Gasteiger partial charge in [-0.3, -0.25) is 4.90 Å². The van der Waals surface area contributed by atoms with Gasteiger partial charge in [0.1, 0.15) is 18.2 Å². The van der Waals surface area contributed by atoms with Gasteiger partial charge in [0.2, 0.25) is 0 Å². The van der Waals surface area contributed by atoms with Crippen molar-refractivity contribution in [3.63, 3.8) is 0 Å². The molecule has 0 saturated carbocycles. The second-order valence-corrected chi connectivity index (χ2v) is 9.98. The molecule has 8 heteroatoms. The van der Waals surface area contributed by atoms with Gasteiger partial charge in [-0.05, 0) is 55.4 Å². The third-order valence-corrected chi connectivity index (χ3v) is 6.37. The zero-order valence-electron chi connectivity index (χ0n) is 20.6. The predicted octanol–water partition coefficient (Wildman–Crippen LogP) is 4.32. The Morgan fingerprint density at radius 3 is 2.17 bits per heavy atom. The molecule has 1 saturated heterocycles. The van der Waals surface area contributed by atoms with E-state index in [9.17, 15) is 14.4 Å².